The number of aliphatic hydroxyl groups excluding tert-OH is 1. The Labute approximate surface area is 162 Å². The van der Waals surface area contributed by atoms with Crippen LogP contribution in [-0.2, 0) is 4.74 Å². The molecule has 0 radical (unpaired) electrons. The number of rotatable bonds is 4. The summed E-state index contributed by atoms with van der Waals surface area (Å²) in [4.78, 5) is 22.3. The van der Waals surface area contributed by atoms with Gasteiger partial charge in [-0.3, -0.25) is 0 Å². The molecule has 1 aliphatic heterocycles. The third-order valence-electron chi connectivity index (χ3n) is 5.51. The first-order valence-electron chi connectivity index (χ1n) is 9.30. The zero-order valence-corrected chi connectivity index (χ0v) is 15.5. The van der Waals surface area contributed by atoms with Crippen molar-refractivity contribution in [1.82, 2.24) is 9.97 Å². The number of aromatic nitrogens is 2. The number of carbonyl (C=O) groups is 1. The van der Waals surface area contributed by atoms with Crippen LogP contribution in [0.25, 0.3) is 0 Å². The van der Waals surface area contributed by atoms with Crippen molar-refractivity contribution in [2.75, 3.05) is 25.1 Å². The second-order valence-corrected chi connectivity index (χ2v) is 7.31. The van der Waals surface area contributed by atoms with Crippen LogP contribution >= 0.6 is 0 Å². The van der Waals surface area contributed by atoms with E-state index < -0.39 is 12.1 Å². The molecule has 4 rings (SSSR count). The standard InChI is InChI=1S/C20H22FN3O4/c1-27-19(26)16-6-7-22-20(23-16)24-10-12-8-17(25)18(9-13(12)11-24)28-15-4-2-14(21)3-5-15/h2-7,12-13,17-18,25H,8-11H2,1H3/t12-,13+,17+,18+/m0/s1. The van der Waals surface area contributed by atoms with Crippen LogP contribution in [0.3, 0.4) is 0 Å². The molecule has 0 bridgehead atoms. The second kappa shape index (κ2) is 7.71. The Morgan fingerprint density at radius 2 is 1.89 bits per heavy atom. The summed E-state index contributed by atoms with van der Waals surface area (Å²) in [6, 6.07) is 7.35. The molecule has 1 aromatic heterocycles. The van der Waals surface area contributed by atoms with Gasteiger partial charge in [-0.25, -0.2) is 19.2 Å². The summed E-state index contributed by atoms with van der Waals surface area (Å²) in [6.45, 7) is 1.45. The van der Waals surface area contributed by atoms with E-state index in [2.05, 4.69) is 9.97 Å². The molecule has 4 atom stereocenters. The summed E-state index contributed by atoms with van der Waals surface area (Å²) in [5, 5.41) is 10.5. The number of benzene rings is 1. The molecule has 1 saturated heterocycles. The van der Waals surface area contributed by atoms with Gasteiger partial charge >= 0.3 is 5.97 Å². The van der Waals surface area contributed by atoms with Crippen LogP contribution < -0.4 is 9.64 Å². The van der Waals surface area contributed by atoms with E-state index in [0.717, 1.165) is 13.1 Å². The maximum absolute atomic E-state index is 13.1. The van der Waals surface area contributed by atoms with Crippen molar-refractivity contribution in [3.05, 3.63) is 48.0 Å². The monoisotopic (exact) mass is 387 g/mol. The molecule has 148 valence electrons. The minimum atomic E-state index is -0.589. The van der Waals surface area contributed by atoms with Crippen LogP contribution in [0.5, 0.6) is 5.75 Å². The lowest BCUT2D eigenvalue weighted by atomic mass is 9.78. The van der Waals surface area contributed by atoms with Gasteiger partial charge < -0.3 is 19.5 Å². The quantitative estimate of drug-likeness (QED) is 0.804. The largest absolute Gasteiger partial charge is 0.488 e. The zero-order chi connectivity index (χ0) is 19.7. The van der Waals surface area contributed by atoms with Crippen molar-refractivity contribution in [3.8, 4) is 5.75 Å². The average molecular weight is 387 g/mol. The molecule has 1 saturated carbocycles. The number of anilines is 1. The maximum Gasteiger partial charge on any atom is 0.356 e. The van der Waals surface area contributed by atoms with Gasteiger partial charge in [-0.15, -0.1) is 0 Å². The average Bonchev–Trinajstić information content (AvgIpc) is 3.12. The molecule has 2 aliphatic rings. The fourth-order valence-electron chi connectivity index (χ4n) is 4.09. The van der Waals surface area contributed by atoms with Gasteiger partial charge in [0.2, 0.25) is 5.95 Å². The molecule has 8 heteroatoms. The number of hydrogen-bond donors (Lipinski definition) is 1. The number of ether oxygens (including phenoxy) is 2. The number of carbonyl (C=O) groups excluding carboxylic acids is 1. The van der Waals surface area contributed by atoms with Gasteiger partial charge in [-0.05, 0) is 55.0 Å². The highest BCUT2D eigenvalue weighted by molar-refractivity contribution is 5.87. The van der Waals surface area contributed by atoms with Crippen molar-refractivity contribution in [2.24, 2.45) is 11.8 Å². The van der Waals surface area contributed by atoms with Crippen molar-refractivity contribution in [2.45, 2.75) is 25.0 Å². The topological polar surface area (TPSA) is 84.8 Å². The van der Waals surface area contributed by atoms with E-state index in [4.69, 9.17) is 9.47 Å². The number of hydrogen-bond acceptors (Lipinski definition) is 7. The molecule has 2 heterocycles. The number of halogens is 1. The Hall–Kier alpha value is -2.74. The predicted octanol–water partition coefficient (Wildman–Crippen LogP) is 2.06. The van der Waals surface area contributed by atoms with Crippen LogP contribution in [0.2, 0.25) is 0 Å². The number of nitrogens with zero attached hydrogens (tertiary/aromatic N) is 3. The molecule has 1 aliphatic carbocycles. The van der Waals surface area contributed by atoms with Gasteiger partial charge in [0.25, 0.3) is 0 Å². The fraction of sp³-hybridized carbons (Fsp3) is 0.450. The molecule has 0 spiro atoms. The van der Waals surface area contributed by atoms with E-state index in [1.807, 2.05) is 4.90 Å². The number of fused-ring (bicyclic) bond motifs is 1. The Bertz CT molecular complexity index is 848. The Morgan fingerprint density at radius 1 is 1.18 bits per heavy atom. The second-order valence-electron chi connectivity index (χ2n) is 7.31. The van der Waals surface area contributed by atoms with E-state index in [0.29, 0.717) is 36.4 Å². The van der Waals surface area contributed by atoms with Crippen LogP contribution in [0.15, 0.2) is 36.5 Å². The predicted molar refractivity (Wildman–Crippen MR) is 98.6 cm³/mol. The van der Waals surface area contributed by atoms with Crippen molar-refractivity contribution in [1.29, 1.82) is 0 Å². The van der Waals surface area contributed by atoms with Gasteiger partial charge in [0, 0.05) is 19.3 Å². The Kier molecular flexibility index (Phi) is 5.13. The zero-order valence-electron chi connectivity index (χ0n) is 15.5. The summed E-state index contributed by atoms with van der Waals surface area (Å²) >= 11 is 0. The third kappa shape index (κ3) is 3.77. The number of methoxy groups -OCH3 is 1. The molecule has 28 heavy (non-hydrogen) atoms. The van der Waals surface area contributed by atoms with Crippen LogP contribution in [0, 0.1) is 17.7 Å². The first kappa shape index (κ1) is 18.6. The van der Waals surface area contributed by atoms with Gasteiger partial charge in [0.15, 0.2) is 5.69 Å². The Morgan fingerprint density at radius 3 is 2.61 bits per heavy atom. The molecule has 1 aromatic carbocycles. The van der Waals surface area contributed by atoms with Gasteiger partial charge in [-0.2, -0.15) is 0 Å². The number of aliphatic hydroxyl groups is 1. The van der Waals surface area contributed by atoms with E-state index >= 15 is 0 Å². The molecule has 0 unspecified atom stereocenters. The molecule has 0 amide bonds. The van der Waals surface area contributed by atoms with Crippen LogP contribution in [0.1, 0.15) is 23.3 Å². The van der Waals surface area contributed by atoms with Crippen LogP contribution in [0.4, 0.5) is 10.3 Å². The highest BCUT2D eigenvalue weighted by atomic mass is 19.1. The highest BCUT2D eigenvalue weighted by Crippen LogP contribution is 2.39. The normalized spacial score (nSPS) is 26.6. The first-order valence-corrected chi connectivity index (χ1v) is 9.30. The van der Waals surface area contributed by atoms with Crippen molar-refractivity contribution >= 4 is 11.9 Å². The van der Waals surface area contributed by atoms with E-state index in [1.54, 1.807) is 18.3 Å². The lowest BCUT2D eigenvalue weighted by Gasteiger charge is -2.35. The molecular weight excluding hydrogens is 365 g/mol. The van der Waals surface area contributed by atoms with E-state index in [-0.39, 0.29) is 17.6 Å². The summed E-state index contributed by atoms with van der Waals surface area (Å²) in [7, 11) is 1.32. The molecule has 2 aromatic rings. The van der Waals surface area contributed by atoms with Crippen LogP contribution in [-0.4, -0.2) is 53.5 Å². The van der Waals surface area contributed by atoms with Gasteiger partial charge in [0.05, 0.1) is 13.2 Å². The fourth-order valence-corrected chi connectivity index (χ4v) is 4.09. The maximum atomic E-state index is 13.1. The Balaban J connectivity index is 1.44. The summed E-state index contributed by atoms with van der Waals surface area (Å²) < 4.78 is 23.7. The molecule has 7 nitrogen and oxygen atoms in total. The minimum Gasteiger partial charge on any atom is -0.488 e. The lowest BCUT2D eigenvalue weighted by molar-refractivity contribution is -0.0231. The summed E-state index contributed by atoms with van der Waals surface area (Å²) in [5.41, 5.74) is 0.222. The SMILES string of the molecule is COC(=O)c1ccnc(N2C[C@H]3C[C@@H](Oc4ccc(F)cc4)[C@H](O)C[C@H]3C2)n1. The lowest BCUT2D eigenvalue weighted by Crippen LogP contribution is -2.42. The minimum absolute atomic E-state index is 0.222. The summed E-state index contributed by atoms with van der Waals surface area (Å²) in [6.07, 6.45) is 1.92. The molecular formula is C20H22FN3O4. The van der Waals surface area contributed by atoms with E-state index in [1.165, 1.54) is 25.3 Å². The van der Waals surface area contributed by atoms with Gasteiger partial charge in [0.1, 0.15) is 17.7 Å². The smallest absolute Gasteiger partial charge is 0.356 e. The third-order valence-corrected chi connectivity index (χ3v) is 5.51. The van der Waals surface area contributed by atoms with Gasteiger partial charge in [-0.1, -0.05) is 0 Å². The molecule has 1 N–H and O–H groups in total. The number of esters is 1. The highest BCUT2D eigenvalue weighted by Gasteiger charge is 2.43. The van der Waals surface area contributed by atoms with Crippen molar-refractivity contribution < 1.29 is 23.8 Å². The van der Waals surface area contributed by atoms with Crippen molar-refractivity contribution in [3.63, 3.8) is 0 Å². The first-order chi connectivity index (χ1) is 13.5. The summed E-state index contributed by atoms with van der Waals surface area (Å²) in [5.74, 6) is 0.837. The molecule has 2 fully saturated rings. The van der Waals surface area contributed by atoms with E-state index in [9.17, 15) is 14.3 Å².